The van der Waals surface area contributed by atoms with Crippen molar-refractivity contribution in [1.29, 1.82) is 0 Å². The van der Waals surface area contributed by atoms with Crippen molar-refractivity contribution in [3.05, 3.63) is 133 Å². The van der Waals surface area contributed by atoms with Crippen LogP contribution in [0.5, 0.6) is 0 Å². The molecule has 0 aliphatic carbocycles. The van der Waals surface area contributed by atoms with E-state index in [9.17, 15) is 2.74 Å². The minimum atomic E-state index is -0.430. The third-order valence-electron chi connectivity index (χ3n) is 7.70. The topological polar surface area (TPSA) is 13.1 Å². The van der Waals surface area contributed by atoms with Gasteiger partial charge in [-0.25, -0.2) is 0 Å². The Morgan fingerprint density at radius 3 is 2.10 bits per heavy atom. The number of benzene rings is 7. The lowest BCUT2D eigenvalue weighted by molar-refractivity contribution is 0.670. The van der Waals surface area contributed by atoms with Crippen LogP contribution < -0.4 is 0 Å². The Hall–Kier alpha value is -4.92. The van der Waals surface area contributed by atoms with Gasteiger partial charge in [-0.1, -0.05) is 103 Å². The molecule has 0 N–H and O–H groups in total. The fraction of sp³-hybridized carbons (Fsp3) is 0. The molecule has 0 aliphatic rings. The largest absolute Gasteiger partial charge is 0.455 e. The van der Waals surface area contributed by atoms with Crippen molar-refractivity contribution in [3.63, 3.8) is 0 Å². The average molecular weight is 535 g/mol. The van der Waals surface area contributed by atoms with Gasteiger partial charge in [-0.15, -0.1) is 11.3 Å². The molecule has 0 unspecified atom stereocenters. The van der Waals surface area contributed by atoms with Gasteiger partial charge in [-0.3, -0.25) is 0 Å². The molecule has 0 aliphatic heterocycles. The molecule has 0 spiro atoms. The van der Waals surface area contributed by atoms with Crippen LogP contribution in [-0.4, -0.2) is 0 Å². The molecule has 0 saturated heterocycles. The van der Waals surface area contributed by atoms with E-state index in [-0.39, 0.29) is 57.5 Å². The first-order valence-corrected chi connectivity index (χ1v) is 13.8. The fourth-order valence-electron chi connectivity index (χ4n) is 5.95. The first kappa shape index (κ1) is 15.6. The van der Waals surface area contributed by atoms with E-state index < -0.39 is 18.1 Å². The molecule has 9 aromatic rings. The Bertz CT molecular complexity index is 2890. The highest BCUT2D eigenvalue weighted by atomic mass is 32.1. The van der Waals surface area contributed by atoms with Crippen LogP contribution in [0.1, 0.15) is 11.0 Å². The van der Waals surface area contributed by atoms with Crippen LogP contribution in [-0.2, 0) is 0 Å². The van der Waals surface area contributed by atoms with Crippen LogP contribution in [0.25, 0.3) is 85.9 Å². The van der Waals surface area contributed by atoms with Gasteiger partial charge in [0.2, 0.25) is 0 Å². The molecular formula is C38H22OS. The molecule has 2 aromatic heterocycles. The minimum absolute atomic E-state index is 0.0353. The summed E-state index contributed by atoms with van der Waals surface area (Å²) in [5.74, 6) is 0. The Kier molecular flexibility index (Phi) is 3.24. The predicted molar refractivity (Wildman–Crippen MR) is 172 cm³/mol. The van der Waals surface area contributed by atoms with Gasteiger partial charge in [0.05, 0.1) is 11.0 Å². The predicted octanol–water partition coefficient (Wildman–Crippen LogP) is 11.6. The number of furan rings is 1. The van der Waals surface area contributed by atoms with Gasteiger partial charge in [-0.05, 0) is 63.0 Å². The maximum Gasteiger partial charge on any atom is 0.144 e. The molecule has 2 heterocycles. The molecule has 2 heteroatoms. The van der Waals surface area contributed by atoms with Crippen LogP contribution in [0.4, 0.5) is 0 Å². The van der Waals surface area contributed by atoms with Crippen LogP contribution in [0.2, 0.25) is 0 Å². The van der Waals surface area contributed by atoms with Crippen LogP contribution in [0.15, 0.2) is 138 Å². The van der Waals surface area contributed by atoms with Gasteiger partial charge >= 0.3 is 0 Å². The van der Waals surface area contributed by atoms with Gasteiger partial charge < -0.3 is 4.42 Å². The van der Waals surface area contributed by atoms with E-state index in [1.807, 2.05) is 78.9 Å². The van der Waals surface area contributed by atoms with Crippen molar-refractivity contribution in [3.8, 4) is 22.3 Å². The third kappa shape index (κ3) is 3.08. The van der Waals surface area contributed by atoms with Crippen LogP contribution in [0, 0.1) is 0 Å². The van der Waals surface area contributed by atoms with Gasteiger partial charge in [0.25, 0.3) is 0 Å². The average Bonchev–Trinajstić information content (AvgIpc) is 3.69. The second kappa shape index (κ2) is 8.29. The summed E-state index contributed by atoms with van der Waals surface area (Å²) >= 11 is 1.66. The zero-order valence-corrected chi connectivity index (χ0v) is 21.7. The fourth-order valence-corrected chi connectivity index (χ4v) is 7.04. The first-order valence-electron chi connectivity index (χ1n) is 16.9. The lowest BCUT2D eigenvalue weighted by Gasteiger charge is -2.15. The molecule has 0 fully saturated rings. The number of fused-ring (bicyclic) bond motifs is 8. The van der Waals surface area contributed by atoms with E-state index >= 15 is 0 Å². The molecule has 1 nitrogen and oxygen atoms in total. The monoisotopic (exact) mass is 534 g/mol. The van der Waals surface area contributed by atoms with Gasteiger partial charge in [0.15, 0.2) is 0 Å². The van der Waals surface area contributed by atoms with Crippen molar-refractivity contribution >= 4 is 75.0 Å². The van der Waals surface area contributed by atoms with Crippen LogP contribution in [0.3, 0.4) is 0 Å². The highest BCUT2D eigenvalue weighted by molar-refractivity contribution is 7.25. The number of rotatable bonds is 2. The van der Waals surface area contributed by atoms with Crippen molar-refractivity contribution < 1.29 is 15.4 Å². The summed E-state index contributed by atoms with van der Waals surface area (Å²) in [5.41, 5.74) is 2.30. The molecule has 9 rings (SSSR count). The normalized spacial score (nSPS) is 14.8. The van der Waals surface area contributed by atoms with Crippen molar-refractivity contribution in [2.75, 3.05) is 0 Å². The Morgan fingerprint density at radius 2 is 1.20 bits per heavy atom. The molecule has 40 heavy (non-hydrogen) atoms. The maximum absolute atomic E-state index is 9.29. The zero-order chi connectivity index (χ0) is 33.2. The summed E-state index contributed by atoms with van der Waals surface area (Å²) in [6.07, 6.45) is 0. The summed E-state index contributed by atoms with van der Waals surface area (Å²) in [5, 5.41) is 4.97. The summed E-state index contributed by atoms with van der Waals surface area (Å²) in [4.78, 5) is 0. The van der Waals surface area contributed by atoms with Gasteiger partial charge in [0.1, 0.15) is 11.2 Å². The van der Waals surface area contributed by atoms with E-state index in [4.69, 9.17) is 12.6 Å². The Balaban J connectivity index is 1.58. The highest BCUT2D eigenvalue weighted by Gasteiger charge is 2.22. The Labute approximate surface area is 245 Å². The van der Waals surface area contributed by atoms with E-state index in [0.29, 0.717) is 27.6 Å². The van der Waals surface area contributed by atoms with Gasteiger partial charge in [0, 0.05) is 42.1 Å². The molecule has 186 valence electrons. The molecule has 0 radical (unpaired) electrons. The number of thiophene rings is 1. The Morgan fingerprint density at radius 1 is 0.525 bits per heavy atom. The standard InChI is InChI=1S/C38H22OS/c1-2-10-24-21-25(18-17-23(24)9-1)35-28-12-3-4-13-29(28)36(38-37(35)30-14-5-7-15-32(30)39-38)26-19-20-34-31(22-26)27-11-6-8-16-33(27)40-34/h1-22H/i3D,4D,5D,7D,12D,13D,14D,15D. The molecule has 7 aromatic carbocycles. The lowest BCUT2D eigenvalue weighted by atomic mass is 9.87. The number of para-hydroxylation sites is 1. The first-order chi connectivity index (χ1) is 23.2. The molecule has 0 amide bonds. The molecular weight excluding hydrogens is 504 g/mol. The van der Waals surface area contributed by atoms with E-state index in [0.717, 1.165) is 30.9 Å². The molecule has 0 bridgehead atoms. The summed E-state index contributed by atoms with van der Waals surface area (Å²) in [6, 6.07) is 24.8. The highest BCUT2D eigenvalue weighted by Crippen LogP contribution is 2.48. The summed E-state index contributed by atoms with van der Waals surface area (Å²) in [6.45, 7) is 0. The smallest absolute Gasteiger partial charge is 0.144 e. The maximum atomic E-state index is 9.29. The van der Waals surface area contributed by atoms with E-state index in [2.05, 4.69) is 6.07 Å². The van der Waals surface area contributed by atoms with E-state index in [1.54, 1.807) is 11.3 Å². The summed E-state index contributed by atoms with van der Waals surface area (Å²) < 4.78 is 79.6. The quantitative estimate of drug-likeness (QED) is 0.215. The molecule has 0 atom stereocenters. The van der Waals surface area contributed by atoms with Crippen molar-refractivity contribution in [2.45, 2.75) is 0 Å². The second-order valence-corrected chi connectivity index (χ2v) is 11.0. The lowest BCUT2D eigenvalue weighted by Crippen LogP contribution is -1.89. The SMILES string of the molecule is [2H]c1c([2H])c([2H])c2c(oc3c(-c4ccc5sc6ccccc6c5c4)c4c([2H])c([2H])c([2H])c([2H])c4c(-c4ccc5ccccc5c4)c32)c1[2H]. The molecule has 0 saturated carbocycles. The summed E-state index contributed by atoms with van der Waals surface area (Å²) in [7, 11) is 0. The number of hydrogen-bond acceptors (Lipinski definition) is 2. The van der Waals surface area contributed by atoms with Crippen molar-refractivity contribution in [2.24, 2.45) is 0 Å². The van der Waals surface area contributed by atoms with E-state index in [1.165, 1.54) is 0 Å². The second-order valence-electron chi connectivity index (χ2n) is 9.88. The number of hydrogen-bond donors (Lipinski definition) is 0. The zero-order valence-electron chi connectivity index (χ0n) is 28.9. The third-order valence-corrected chi connectivity index (χ3v) is 8.85. The minimum Gasteiger partial charge on any atom is -0.455 e. The van der Waals surface area contributed by atoms with Crippen molar-refractivity contribution in [1.82, 2.24) is 0 Å². The van der Waals surface area contributed by atoms with Gasteiger partial charge in [-0.2, -0.15) is 0 Å². The van der Waals surface area contributed by atoms with Crippen LogP contribution >= 0.6 is 11.3 Å².